The lowest BCUT2D eigenvalue weighted by Gasteiger charge is -2.08. The molecule has 0 aliphatic carbocycles. The average Bonchev–Trinajstić information content (AvgIpc) is 2.39. The van der Waals surface area contributed by atoms with Gasteiger partial charge in [-0.3, -0.25) is 4.98 Å². The Morgan fingerprint density at radius 3 is 2.79 bits per heavy atom. The summed E-state index contributed by atoms with van der Waals surface area (Å²) in [6.07, 6.45) is 4.41. The largest absolute Gasteiger partial charge is 0.474 e. The number of ether oxygens (including phenoxy) is 2. The van der Waals surface area contributed by atoms with Crippen LogP contribution >= 0.6 is 0 Å². The van der Waals surface area contributed by atoms with E-state index in [-0.39, 0.29) is 0 Å². The Morgan fingerprint density at radius 2 is 2.05 bits per heavy atom. The molecule has 0 fully saturated rings. The standard InChI is InChI=1S/C14H25N3O2/c1-4-5-18-6-7-19-14-11-16-10-13(17-14)9-15-8-12(2)3/h10-12,15H,4-9H2,1-3H3. The van der Waals surface area contributed by atoms with Gasteiger partial charge in [0.2, 0.25) is 5.88 Å². The molecule has 0 unspecified atom stereocenters. The van der Waals surface area contributed by atoms with Crippen molar-refractivity contribution < 1.29 is 9.47 Å². The summed E-state index contributed by atoms with van der Waals surface area (Å²) in [6, 6.07) is 0. The topological polar surface area (TPSA) is 56.3 Å². The van der Waals surface area contributed by atoms with Crippen LogP contribution < -0.4 is 10.1 Å². The quantitative estimate of drug-likeness (QED) is 0.657. The van der Waals surface area contributed by atoms with E-state index < -0.39 is 0 Å². The average molecular weight is 267 g/mol. The second kappa shape index (κ2) is 9.69. The van der Waals surface area contributed by atoms with Crippen molar-refractivity contribution >= 4 is 0 Å². The van der Waals surface area contributed by atoms with Crippen LogP contribution in [0.25, 0.3) is 0 Å². The Bertz CT molecular complexity index is 345. The number of aromatic nitrogens is 2. The van der Waals surface area contributed by atoms with E-state index in [1.165, 1.54) is 0 Å². The van der Waals surface area contributed by atoms with Crippen LogP contribution in [0.15, 0.2) is 12.4 Å². The molecule has 1 rings (SSSR count). The molecule has 5 heteroatoms. The van der Waals surface area contributed by atoms with Gasteiger partial charge in [0.15, 0.2) is 0 Å². The summed E-state index contributed by atoms with van der Waals surface area (Å²) in [5.74, 6) is 1.19. The molecular weight excluding hydrogens is 242 g/mol. The first kappa shape index (κ1) is 15.9. The Kier molecular flexibility index (Phi) is 8.09. The maximum absolute atomic E-state index is 5.49. The summed E-state index contributed by atoms with van der Waals surface area (Å²) in [6.45, 7) is 9.99. The molecule has 0 radical (unpaired) electrons. The Balaban J connectivity index is 2.27. The van der Waals surface area contributed by atoms with E-state index in [0.29, 0.717) is 31.6 Å². The monoisotopic (exact) mass is 267 g/mol. The van der Waals surface area contributed by atoms with Crippen molar-refractivity contribution in [2.45, 2.75) is 33.7 Å². The molecule has 1 heterocycles. The van der Waals surface area contributed by atoms with Gasteiger partial charge in [0, 0.05) is 19.3 Å². The maximum atomic E-state index is 5.49. The van der Waals surface area contributed by atoms with Crippen LogP contribution in [0, 0.1) is 5.92 Å². The van der Waals surface area contributed by atoms with Crippen LogP contribution in [0.1, 0.15) is 32.9 Å². The molecule has 5 nitrogen and oxygen atoms in total. The van der Waals surface area contributed by atoms with Gasteiger partial charge in [-0.2, -0.15) is 0 Å². The zero-order valence-electron chi connectivity index (χ0n) is 12.2. The minimum atomic E-state index is 0.511. The second-order valence-corrected chi connectivity index (χ2v) is 4.83. The number of nitrogens with one attached hydrogen (secondary N) is 1. The van der Waals surface area contributed by atoms with Gasteiger partial charge >= 0.3 is 0 Å². The lowest BCUT2D eigenvalue weighted by atomic mass is 10.2. The molecule has 0 aliphatic heterocycles. The predicted octanol–water partition coefficient (Wildman–Crippen LogP) is 2.03. The van der Waals surface area contributed by atoms with Crippen LogP contribution in [-0.4, -0.2) is 36.3 Å². The van der Waals surface area contributed by atoms with E-state index in [9.17, 15) is 0 Å². The molecule has 1 aromatic heterocycles. The van der Waals surface area contributed by atoms with Crippen molar-refractivity contribution in [3.05, 3.63) is 18.1 Å². The van der Waals surface area contributed by atoms with Crippen LogP contribution in [0.4, 0.5) is 0 Å². The third kappa shape index (κ3) is 7.74. The molecule has 19 heavy (non-hydrogen) atoms. The number of hydrogen-bond acceptors (Lipinski definition) is 5. The minimum Gasteiger partial charge on any atom is -0.474 e. The van der Waals surface area contributed by atoms with Crippen LogP contribution in [0.5, 0.6) is 5.88 Å². The predicted molar refractivity (Wildman–Crippen MR) is 75.2 cm³/mol. The highest BCUT2D eigenvalue weighted by atomic mass is 16.5. The maximum Gasteiger partial charge on any atom is 0.232 e. The van der Waals surface area contributed by atoms with Gasteiger partial charge in [0.25, 0.3) is 0 Å². The third-order valence-corrected chi connectivity index (χ3v) is 2.35. The zero-order chi connectivity index (χ0) is 13.9. The molecule has 0 amide bonds. The molecule has 0 bridgehead atoms. The Morgan fingerprint density at radius 1 is 1.21 bits per heavy atom. The first-order valence-corrected chi connectivity index (χ1v) is 6.94. The summed E-state index contributed by atoms with van der Waals surface area (Å²) in [7, 11) is 0. The summed E-state index contributed by atoms with van der Waals surface area (Å²) in [4.78, 5) is 8.51. The fourth-order valence-electron chi connectivity index (χ4n) is 1.48. The van der Waals surface area contributed by atoms with Gasteiger partial charge < -0.3 is 14.8 Å². The van der Waals surface area contributed by atoms with Gasteiger partial charge in [-0.05, 0) is 18.9 Å². The molecule has 0 atom stereocenters. The Labute approximate surface area is 115 Å². The summed E-state index contributed by atoms with van der Waals surface area (Å²) < 4.78 is 10.8. The van der Waals surface area contributed by atoms with E-state index in [1.807, 2.05) is 0 Å². The van der Waals surface area contributed by atoms with Crippen molar-refractivity contribution in [1.29, 1.82) is 0 Å². The molecular formula is C14H25N3O2. The molecule has 1 N–H and O–H groups in total. The summed E-state index contributed by atoms with van der Waals surface area (Å²) in [5.41, 5.74) is 0.896. The smallest absolute Gasteiger partial charge is 0.232 e. The van der Waals surface area contributed by atoms with Gasteiger partial charge in [-0.25, -0.2) is 4.98 Å². The van der Waals surface area contributed by atoms with Gasteiger partial charge in [0.05, 0.1) is 18.5 Å². The molecule has 0 aliphatic rings. The van der Waals surface area contributed by atoms with E-state index in [0.717, 1.165) is 25.3 Å². The summed E-state index contributed by atoms with van der Waals surface area (Å²) in [5, 5.41) is 3.33. The van der Waals surface area contributed by atoms with Gasteiger partial charge in [-0.15, -0.1) is 0 Å². The number of nitrogens with zero attached hydrogens (tertiary/aromatic N) is 2. The van der Waals surface area contributed by atoms with Crippen molar-refractivity contribution in [2.24, 2.45) is 5.92 Å². The van der Waals surface area contributed by atoms with Crippen LogP contribution in [-0.2, 0) is 11.3 Å². The molecule has 0 saturated carbocycles. The first-order valence-electron chi connectivity index (χ1n) is 6.94. The fourth-order valence-corrected chi connectivity index (χ4v) is 1.48. The van der Waals surface area contributed by atoms with Crippen molar-refractivity contribution in [3.8, 4) is 5.88 Å². The molecule has 1 aromatic rings. The molecule has 0 spiro atoms. The highest BCUT2D eigenvalue weighted by Gasteiger charge is 2.01. The van der Waals surface area contributed by atoms with E-state index >= 15 is 0 Å². The third-order valence-electron chi connectivity index (χ3n) is 2.35. The lowest BCUT2D eigenvalue weighted by Crippen LogP contribution is -2.20. The Hall–Kier alpha value is -1.20. The normalized spacial score (nSPS) is 10.9. The van der Waals surface area contributed by atoms with Crippen molar-refractivity contribution in [3.63, 3.8) is 0 Å². The molecule has 0 saturated heterocycles. The SMILES string of the molecule is CCCOCCOc1cncc(CNCC(C)C)n1. The van der Waals surface area contributed by atoms with Crippen LogP contribution in [0.3, 0.4) is 0 Å². The van der Waals surface area contributed by atoms with Crippen molar-refractivity contribution in [1.82, 2.24) is 15.3 Å². The first-order chi connectivity index (χ1) is 9.22. The van der Waals surface area contributed by atoms with Gasteiger partial charge in [-0.1, -0.05) is 20.8 Å². The van der Waals surface area contributed by atoms with E-state index in [4.69, 9.17) is 9.47 Å². The van der Waals surface area contributed by atoms with Crippen molar-refractivity contribution in [2.75, 3.05) is 26.4 Å². The second-order valence-electron chi connectivity index (χ2n) is 4.83. The summed E-state index contributed by atoms with van der Waals surface area (Å²) >= 11 is 0. The number of rotatable bonds is 10. The molecule has 108 valence electrons. The highest BCUT2D eigenvalue weighted by molar-refractivity contribution is 5.08. The molecule has 0 aromatic carbocycles. The fraction of sp³-hybridized carbons (Fsp3) is 0.714. The van der Waals surface area contributed by atoms with E-state index in [2.05, 4.69) is 36.1 Å². The number of hydrogen-bond donors (Lipinski definition) is 1. The highest BCUT2D eigenvalue weighted by Crippen LogP contribution is 2.05. The lowest BCUT2D eigenvalue weighted by molar-refractivity contribution is 0.0987. The van der Waals surface area contributed by atoms with E-state index in [1.54, 1.807) is 12.4 Å². The van der Waals surface area contributed by atoms with Crippen LogP contribution in [0.2, 0.25) is 0 Å². The minimum absolute atomic E-state index is 0.511. The van der Waals surface area contributed by atoms with Gasteiger partial charge in [0.1, 0.15) is 6.61 Å². The zero-order valence-corrected chi connectivity index (χ0v) is 12.2.